The van der Waals surface area contributed by atoms with Gasteiger partial charge >= 0.3 is 0 Å². The highest BCUT2D eigenvalue weighted by Crippen LogP contribution is 2.41. The van der Waals surface area contributed by atoms with Crippen molar-refractivity contribution in [2.24, 2.45) is 10.9 Å². The smallest absolute Gasteiger partial charge is 0.127 e. The van der Waals surface area contributed by atoms with Gasteiger partial charge in [0.1, 0.15) is 11.5 Å². The van der Waals surface area contributed by atoms with Crippen LogP contribution in [-0.4, -0.2) is 40.2 Å². The van der Waals surface area contributed by atoms with Crippen molar-refractivity contribution in [1.29, 1.82) is 0 Å². The van der Waals surface area contributed by atoms with E-state index in [9.17, 15) is 10.2 Å². The zero-order valence-electron chi connectivity index (χ0n) is 30.0. The van der Waals surface area contributed by atoms with Crippen LogP contribution in [0, 0.1) is 19.8 Å². The Bertz CT molecular complexity index is 1280. The number of rotatable bonds is 21. The molecule has 3 rings (SSSR count). The summed E-state index contributed by atoms with van der Waals surface area (Å²) in [6, 6.07) is 9.34. The molecule has 2 aromatic carbocycles. The molecule has 0 aliphatic heterocycles. The van der Waals surface area contributed by atoms with Gasteiger partial charge in [-0.15, -0.1) is 0 Å². The Morgan fingerprint density at radius 2 is 1.19 bits per heavy atom. The standard InChI is InChI=1S/C41H61I4NO2/c1-30-25-35(41(4,19-11-23-44)20-12-24-45)27-33(38(30)47)16-15-32-13-5-6-14-37(32)46-29-34-28-36(26-31(2)39(34)48)40(3,17-7-9-21-42)18-8-10-22-43/h25-29,32,37,47-48H,5-24H2,1-4H3/b46-29+/t32-,37+/m1/s1. The van der Waals surface area contributed by atoms with Crippen LogP contribution in [0.4, 0.5) is 0 Å². The molecule has 0 heterocycles. The maximum Gasteiger partial charge on any atom is 0.127 e. The van der Waals surface area contributed by atoms with Crippen LogP contribution in [0.2, 0.25) is 0 Å². The Hall–Kier alpha value is 0.630. The van der Waals surface area contributed by atoms with Gasteiger partial charge in [0, 0.05) is 11.8 Å². The number of hydrogen-bond acceptors (Lipinski definition) is 3. The monoisotopic (exact) mass is 1110 g/mol. The summed E-state index contributed by atoms with van der Waals surface area (Å²) in [5, 5.41) is 22.4. The van der Waals surface area contributed by atoms with E-state index >= 15 is 0 Å². The van der Waals surface area contributed by atoms with Crippen LogP contribution in [0.3, 0.4) is 0 Å². The lowest BCUT2D eigenvalue weighted by molar-refractivity contribution is 0.293. The van der Waals surface area contributed by atoms with Crippen LogP contribution in [0.1, 0.15) is 144 Å². The van der Waals surface area contributed by atoms with Crippen molar-refractivity contribution >= 4 is 96.6 Å². The van der Waals surface area contributed by atoms with Crippen molar-refractivity contribution in [1.82, 2.24) is 0 Å². The predicted octanol–water partition coefficient (Wildman–Crippen LogP) is 13.5. The fraction of sp³-hybridized carbons (Fsp3) is 0.683. The molecule has 0 spiro atoms. The van der Waals surface area contributed by atoms with Crippen LogP contribution in [0.15, 0.2) is 29.3 Å². The van der Waals surface area contributed by atoms with E-state index in [0.717, 1.165) is 41.5 Å². The number of halogens is 4. The average molecular weight is 1110 g/mol. The number of alkyl halides is 4. The van der Waals surface area contributed by atoms with Gasteiger partial charge in [-0.2, -0.15) is 0 Å². The molecule has 48 heavy (non-hydrogen) atoms. The SMILES string of the molecule is Cc1cc(C(C)(CCCCI)CCCCI)cc(/C=N/[C@H]2CCCC[C@@H]2CCc2cc(C(C)(CCCI)CCCI)cc(C)c2O)c1O. The molecular formula is C41H61I4NO2. The van der Waals surface area contributed by atoms with E-state index in [-0.39, 0.29) is 16.9 Å². The van der Waals surface area contributed by atoms with Gasteiger partial charge in [0.05, 0.1) is 6.04 Å². The lowest BCUT2D eigenvalue weighted by Crippen LogP contribution is -2.25. The molecule has 0 radical (unpaired) electrons. The second-order valence-electron chi connectivity index (χ2n) is 15.0. The summed E-state index contributed by atoms with van der Waals surface area (Å²) in [5.74, 6) is 1.35. The van der Waals surface area contributed by atoms with E-state index in [4.69, 9.17) is 4.99 Å². The van der Waals surface area contributed by atoms with Crippen LogP contribution >= 0.6 is 90.4 Å². The Morgan fingerprint density at radius 3 is 1.75 bits per heavy atom. The summed E-state index contributed by atoms with van der Waals surface area (Å²) < 4.78 is 4.78. The summed E-state index contributed by atoms with van der Waals surface area (Å²) in [6.45, 7) is 9.01. The summed E-state index contributed by atoms with van der Waals surface area (Å²) in [4.78, 5) is 5.24. The number of phenolic OH excluding ortho intramolecular Hbond substituents is 2. The first-order valence-corrected chi connectivity index (χ1v) is 24.6. The third-order valence-electron chi connectivity index (χ3n) is 11.1. The van der Waals surface area contributed by atoms with Crippen LogP contribution in [0.25, 0.3) is 0 Å². The molecule has 1 aliphatic carbocycles. The molecule has 7 heteroatoms. The molecule has 0 aromatic heterocycles. The van der Waals surface area contributed by atoms with Gasteiger partial charge < -0.3 is 10.2 Å². The number of phenols is 2. The van der Waals surface area contributed by atoms with E-state index in [1.165, 1.54) is 112 Å². The van der Waals surface area contributed by atoms with Gasteiger partial charge in [-0.05, 0) is 159 Å². The van der Waals surface area contributed by atoms with Gasteiger partial charge in [0.25, 0.3) is 0 Å². The number of aryl methyl sites for hydroxylation is 3. The van der Waals surface area contributed by atoms with Crippen molar-refractivity contribution in [3.63, 3.8) is 0 Å². The molecule has 2 aromatic rings. The Morgan fingerprint density at radius 1 is 0.688 bits per heavy atom. The number of aromatic hydroxyl groups is 2. The molecule has 270 valence electrons. The van der Waals surface area contributed by atoms with Gasteiger partial charge in [-0.1, -0.05) is 148 Å². The van der Waals surface area contributed by atoms with E-state index in [1.807, 2.05) is 13.1 Å². The fourth-order valence-corrected chi connectivity index (χ4v) is 9.69. The number of nitrogens with zero attached hydrogens (tertiary/aromatic N) is 1. The number of hydrogen-bond donors (Lipinski definition) is 2. The van der Waals surface area contributed by atoms with E-state index < -0.39 is 0 Å². The first-order chi connectivity index (χ1) is 23.0. The molecule has 1 aliphatic rings. The van der Waals surface area contributed by atoms with Crippen LogP contribution in [-0.2, 0) is 17.3 Å². The lowest BCUT2D eigenvalue weighted by Gasteiger charge is -2.32. The molecule has 2 atom stereocenters. The average Bonchev–Trinajstić information content (AvgIpc) is 3.08. The third kappa shape index (κ3) is 12.6. The lowest BCUT2D eigenvalue weighted by atomic mass is 9.73. The summed E-state index contributed by atoms with van der Waals surface area (Å²) in [5.41, 5.74) is 6.98. The topological polar surface area (TPSA) is 52.8 Å². The number of benzene rings is 2. The van der Waals surface area contributed by atoms with Gasteiger partial charge in [-0.25, -0.2) is 0 Å². The van der Waals surface area contributed by atoms with Crippen molar-refractivity contribution in [2.75, 3.05) is 17.7 Å². The second-order valence-corrected chi connectivity index (χ2v) is 19.3. The molecule has 1 saturated carbocycles. The minimum absolute atomic E-state index is 0.114. The largest absolute Gasteiger partial charge is 0.507 e. The minimum Gasteiger partial charge on any atom is -0.507 e. The second kappa shape index (κ2) is 22.0. The Balaban J connectivity index is 1.84. The minimum atomic E-state index is 0.114. The maximum absolute atomic E-state index is 11.2. The number of unbranched alkanes of at least 4 members (excludes halogenated alkanes) is 2. The van der Waals surface area contributed by atoms with E-state index in [1.54, 1.807) is 0 Å². The summed E-state index contributed by atoms with van der Waals surface area (Å²) >= 11 is 10.0. The van der Waals surface area contributed by atoms with Crippen molar-refractivity contribution in [3.05, 3.63) is 57.6 Å². The van der Waals surface area contributed by atoms with Crippen molar-refractivity contribution < 1.29 is 10.2 Å². The highest BCUT2D eigenvalue weighted by atomic mass is 127. The van der Waals surface area contributed by atoms with Crippen LogP contribution < -0.4 is 0 Å². The van der Waals surface area contributed by atoms with Crippen LogP contribution in [0.5, 0.6) is 11.5 Å². The highest BCUT2D eigenvalue weighted by Gasteiger charge is 2.30. The quantitative estimate of drug-likeness (QED) is 0.0566. The Kier molecular flexibility index (Phi) is 19.7. The molecule has 0 unspecified atom stereocenters. The molecule has 0 saturated heterocycles. The maximum atomic E-state index is 11.2. The van der Waals surface area contributed by atoms with Crippen molar-refractivity contribution in [3.8, 4) is 11.5 Å². The molecular weight excluding hydrogens is 1050 g/mol. The predicted molar refractivity (Wildman–Crippen MR) is 244 cm³/mol. The van der Waals surface area contributed by atoms with E-state index in [2.05, 4.69) is 135 Å². The zero-order chi connectivity index (χ0) is 35.2. The zero-order valence-corrected chi connectivity index (χ0v) is 38.7. The highest BCUT2D eigenvalue weighted by molar-refractivity contribution is 14.1. The molecule has 0 bridgehead atoms. The van der Waals surface area contributed by atoms with Crippen molar-refractivity contribution in [2.45, 2.75) is 147 Å². The molecule has 0 amide bonds. The first kappa shape index (κ1) is 43.0. The molecule has 3 nitrogen and oxygen atoms in total. The third-order valence-corrected chi connectivity index (χ3v) is 14.2. The summed E-state index contributed by atoms with van der Waals surface area (Å²) in [6.07, 6.45) is 20.9. The van der Waals surface area contributed by atoms with E-state index in [0.29, 0.717) is 17.4 Å². The van der Waals surface area contributed by atoms with Gasteiger partial charge in [-0.3, -0.25) is 4.99 Å². The molecule has 1 fully saturated rings. The molecule has 2 N–H and O–H groups in total. The van der Waals surface area contributed by atoms with Gasteiger partial charge in [0.2, 0.25) is 0 Å². The normalized spacial score (nSPS) is 17.4. The fourth-order valence-electron chi connectivity index (χ4n) is 7.84. The summed E-state index contributed by atoms with van der Waals surface area (Å²) in [7, 11) is 0. The Labute approximate surface area is 348 Å². The number of aliphatic imine (C=N–C) groups is 1. The first-order valence-electron chi connectivity index (χ1n) is 18.5. The van der Waals surface area contributed by atoms with Gasteiger partial charge in [0.15, 0.2) is 0 Å².